The van der Waals surface area contributed by atoms with Crippen molar-refractivity contribution in [1.29, 1.82) is 0 Å². The van der Waals surface area contributed by atoms with E-state index in [1.165, 1.54) is 6.26 Å². The second kappa shape index (κ2) is 8.79. The molecule has 0 saturated carbocycles. The fraction of sp³-hybridized carbons (Fsp3) is 0.174. The lowest BCUT2D eigenvalue weighted by Gasteiger charge is -2.14. The van der Waals surface area contributed by atoms with Crippen molar-refractivity contribution in [3.8, 4) is 22.5 Å². The zero-order chi connectivity index (χ0) is 21.8. The van der Waals surface area contributed by atoms with Gasteiger partial charge >= 0.3 is 0 Å². The highest BCUT2D eigenvalue weighted by Gasteiger charge is 2.15. The van der Waals surface area contributed by atoms with Crippen molar-refractivity contribution in [2.75, 3.05) is 12.9 Å². The summed E-state index contributed by atoms with van der Waals surface area (Å²) in [6.45, 7) is -0.0697. The summed E-state index contributed by atoms with van der Waals surface area (Å²) in [6, 6.07) is 20.2. The Labute approximate surface area is 180 Å². The van der Waals surface area contributed by atoms with Crippen LogP contribution in [0.4, 0.5) is 0 Å². The van der Waals surface area contributed by atoms with Gasteiger partial charge in [-0.3, -0.25) is 4.98 Å². The molecule has 2 aromatic heterocycles. The molecule has 2 aromatic carbocycles. The summed E-state index contributed by atoms with van der Waals surface area (Å²) in [7, 11) is -3.21. The number of hydrogen-bond acceptors (Lipinski definition) is 6. The van der Waals surface area contributed by atoms with Crippen LogP contribution in [0.5, 0.6) is 0 Å². The van der Waals surface area contributed by atoms with Crippen LogP contribution in [0.3, 0.4) is 0 Å². The Hall–Kier alpha value is -3.36. The van der Waals surface area contributed by atoms with Crippen molar-refractivity contribution in [2.24, 2.45) is 0 Å². The maximum Gasteiger partial charge on any atom is 0.175 e. The monoisotopic (exact) mass is 434 g/mol. The van der Waals surface area contributed by atoms with Crippen LogP contribution in [-0.4, -0.2) is 46.4 Å². The Morgan fingerprint density at radius 3 is 2.19 bits per heavy atom. The zero-order valence-electron chi connectivity index (χ0n) is 17.0. The summed E-state index contributed by atoms with van der Waals surface area (Å²) in [5, 5.41) is 18.2. The fourth-order valence-corrected chi connectivity index (χ4v) is 3.96. The second-order valence-electron chi connectivity index (χ2n) is 7.33. The van der Waals surface area contributed by atoms with Gasteiger partial charge in [-0.15, -0.1) is 5.10 Å². The van der Waals surface area contributed by atoms with Crippen LogP contribution in [0.1, 0.15) is 11.6 Å². The molecule has 4 rings (SSSR count). The quantitative estimate of drug-likeness (QED) is 0.480. The van der Waals surface area contributed by atoms with E-state index in [2.05, 4.69) is 15.3 Å². The van der Waals surface area contributed by atoms with Crippen LogP contribution in [0.2, 0.25) is 0 Å². The standard InChI is InChI=1S/C23H22N4O3S/c1-31(29,30)21-11-9-19(10-12-21)18-7-5-17(6-8-18)14-20(16-28)27-15-23(25-26-27)22-4-2-3-13-24-22/h2-13,15,20,28H,14,16H2,1H3/t20-/m0/s1. The van der Waals surface area contributed by atoms with Gasteiger partial charge in [-0.05, 0) is 47.4 Å². The van der Waals surface area contributed by atoms with E-state index >= 15 is 0 Å². The van der Waals surface area contributed by atoms with Crippen LogP contribution in [0.15, 0.2) is 84.0 Å². The van der Waals surface area contributed by atoms with Crippen molar-refractivity contribution in [2.45, 2.75) is 17.4 Å². The van der Waals surface area contributed by atoms with E-state index in [1.54, 1.807) is 41.3 Å². The van der Waals surface area contributed by atoms with E-state index in [-0.39, 0.29) is 12.6 Å². The molecule has 8 heteroatoms. The first-order valence-corrected chi connectivity index (χ1v) is 11.7. The third-order valence-corrected chi connectivity index (χ3v) is 6.19. The molecule has 1 N–H and O–H groups in total. The average Bonchev–Trinajstić information content (AvgIpc) is 3.28. The van der Waals surface area contributed by atoms with Crippen molar-refractivity contribution in [1.82, 2.24) is 20.0 Å². The van der Waals surface area contributed by atoms with Gasteiger partial charge in [-0.2, -0.15) is 0 Å². The number of aliphatic hydroxyl groups is 1. The molecular weight excluding hydrogens is 412 g/mol. The first-order valence-electron chi connectivity index (χ1n) is 9.77. The lowest BCUT2D eigenvalue weighted by Crippen LogP contribution is -2.16. The maximum absolute atomic E-state index is 11.6. The lowest BCUT2D eigenvalue weighted by atomic mass is 10.0. The molecule has 0 aliphatic rings. The Morgan fingerprint density at radius 2 is 1.61 bits per heavy atom. The van der Waals surface area contributed by atoms with Crippen LogP contribution >= 0.6 is 0 Å². The van der Waals surface area contributed by atoms with Crippen LogP contribution in [0, 0.1) is 0 Å². The third-order valence-electron chi connectivity index (χ3n) is 5.06. The lowest BCUT2D eigenvalue weighted by molar-refractivity contribution is 0.216. The van der Waals surface area contributed by atoms with Crippen molar-refractivity contribution < 1.29 is 13.5 Å². The normalized spacial score (nSPS) is 12.6. The number of sulfone groups is 1. The molecule has 0 spiro atoms. The van der Waals surface area contributed by atoms with Gasteiger partial charge < -0.3 is 5.11 Å². The van der Waals surface area contributed by atoms with E-state index < -0.39 is 9.84 Å². The summed E-state index contributed by atoms with van der Waals surface area (Å²) < 4.78 is 24.9. The molecule has 4 aromatic rings. The van der Waals surface area contributed by atoms with Crippen LogP contribution in [-0.2, 0) is 16.3 Å². The number of hydrogen-bond donors (Lipinski definition) is 1. The number of rotatable bonds is 7. The van der Waals surface area contributed by atoms with Gasteiger partial charge in [-0.25, -0.2) is 13.1 Å². The maximum atomic E-state index is 11.6. The smallest absolute Gasteiger partial charge is 0.175 e. The zero-order valence-corrected chi connectivity index (χ0v) is 17.8. The van der Waals surface area contributed by atoms with Gasteiger partial charge in [0.05, 0.1) is 29.4 Å². The molecule has 158 valence electrons. The summed E-state index contributed by atoms with van der Waals surface area (Å²) in [5.41, 5.74) is 4.37. The molecule has 1 atom stereocenters. The minimum Gasteiger partial charge on any atom is -0.394 e. The summed E-state index contributed by atoms with van der Waals surface area (Å²) in [6.07, 6.45) is 5.28. The molecule has 0 fully saturated rings. The number of pyridine rings is 1. The Morgan fingerprint density at radius 1 is 0.935 bits per heavy atom. The Bertz CT molecular complexity index is 1250. The predicted molar refractivity (Wildman–Crippen MR) is 118 cm³/mol. The van der Waals surface area contributed by atoms with Gasteiger partial charge in [0.1, 0.15) is 5.69 Å². The number of aliphatic hydroxyl groups excluding tert-OH is 1. The molecule has 0 unspecified atom stereocenters. The molecule has 0 aliphatic carbocycles. The minimum absolute atomic E-state index is 0.0697. The Balaban J connectivity index is 1.48. The fourth-order valence-electron chi connectivity index (χ4n) is 3.33. The highest BCUT2D eigenvalue weighted by molar-refractivity contribution is 7.90. The molecule has 2 heterocycles. The SMILES string of the molecule is CS(=O)(=O)c1ccc(-c2ccc(C[C@@H](CO)n3cc(-c4ccccn4)nn3)cc2)cc1. The summed E-state index contributed by atoms with van der Waals surface area (Å²) in [4.78, 5) is 4.58. The average molecular weight is 435 g/mol. The molecule has 7 nitrogen and oxygen atoms in total. The summed E-state index contributed by atoms with van der Waals surface area (Å²) >= 11 is 0. The first-order chi connectivity index (χ1) is 14.9. The van der Waals surface area contributed by atoms with E-state index in [0.29, 0.717) is 17.0 Å². The second-order valence-corrected chi connectivity index (χ2v) is 9.35. The van der Waals surface area contributed by atoms with Crippen LogP contribution < -0.4 is 0 Å². The van der Waals surface area contributed by atoms with Gasteiger partial charge in [0.15, 0.2) is 9.84 Å². The summed E-state index contributed by atoms with van der Waals surface area (Å²) in [5.74, 6) is 0. The largest absolute Gasteiger partial charge is 0.394 e. The highest BCUT2D eigenvalue weighted by Crippen LogP contribution is 2.24. The third kappa shape index (κ3) is 4.87. The van der Waals surface area contributed by atoms with E-state index in [9.17, 15) is 13.5 Å². The molecular formula is C23H22N4O3S. The molecule has 0 amide bonds. The van der Waals surface area contributed by atoms with Crippen molar-refractivity contribution in [3.63, 3.8) is 0 Å². The van der Waals surface area contributed by atoms with Gasteiger partial charge in [0.25, 0.3) is 0 Å². The molecule has 0 saturated heterocycles. The van der Waals surface area contributed by atoms with Crippen molar-refractivity contribution >= 4 is 9.84 Å². The van der Waals surface area contributed by atoms with E-state index in [1.807, 2.05) is 42.5 Å². The number of benzene rings is 2. The topological polar surface area (TPSA) is 98.0 Å². The highest BCUT2D eigenvalue weighted by atomic mass is 32.2. The van der Waals surface area contributed by atoms with Crippen molar-refractivity contribution in [3.05, 3.63) is 84.7 Å². The molecule has 0 bridgehead atoms. The van der Waals surface area contributed by atoms with Gasteiger partial charge in [0, 0.05) is 12.5 Å². The van der Waals surface area contributed by atoms with E-state index in [4.69, 9.17) is 0 Å². The van der Waals surface area contributed by atoms with Crippen LogP contribution in [0.25, 0.3) is 22.5 Å². The van der Waals surface area contributed by atoms with E-state index in [0.717, 1.165) is 22.4 Å². The van der Waals surface area contributed by atoms with Gasteiger partial charge in [0.2, 0.25) is 0 Å². The minimum atomic E-state index is -3.21. The molecule has 31 heavy (non-hydrogen) atoms. The Kier molecular flexibility index (Phi) is 5.92. The van der Waals surface area contributed by atoms with Gasteiger partial charge in [-0.1, -0.05) is 47.7 Å². The first kappa shape index (κ1) is 20.9. The molecule has 0 radical (unpaired) electrons. The molecule has 0 aliphatic heterocycles. The number of aromatic nitrogens is 4. The number of nitrogens with zero attached hydrogens (tertiary/aromatic N) is 4. The predicted octanol–water partition coefficient (Wildman–Crippen LogP) is 3.19.